The lowest BCUT2D eigenvalue weighted by Gasteiger charge is -2.02. The molecule has 5 heteroatoms. The second kappa shape index (κ2) is 4.10. The van der Waals surface area contributed by atoms with Crippen molar-refractivity contribution in [2.45, 2.75) is 13.5 Å². The Bertz CT molecular complexity index is 743. The summed E-state index contributed by atoms with van der Waals surface area (Å²) in [5.74, 6) is 0. The van der Waals surface area contributed by atoms with Crippen LogP contribution in [0.1, 0.15) is 6.92 Å². The summed E-state index contributed by atoms with van der Waals surface area (Å²) in [7, 11) is 0. The van der Waals surface area contributed by atoms with Crippen molar-refractivity contribution in [2.24, 2.45) is 0 Å². The Balaban J connectivity index is 2.29. The third-order valence-electron chi connectivity index (χ3n) is 2.86. The Morgan fingerprint density at radius 2 is 2.11 bits per heavy atom. The minimum absolute atomic E-state index is 0.128. The van der Waals surface area contributed by atoms with Crippen LogP contribution in [0.3, 0.4) is 0 Å². The molecule has 0 aliphatic rings. The van der Waals surface area contributed by atoms with E-state index in [1.165, 1.54) is 10.6 Å². The van der Waals surface area contributed by atoms with E-state index in [1.807, 2.05) is 35.8 Å². The lowest BCUT2D eigenvalue weighted by atomic mass is 10.3. The van der Waals surface area contributed by atoms with Crippen molar-refractivity contribution < 1.29 is 0 Å². The molecule has 90 valence electrons. The summed E-state index contributed by atoms with van der Waals surface area (Å²) in [4.78, 5) is 16.0. The Morgan fingerprint density at radius 1 is 1.22 bits per heavy atom. The molecule has 0 radical (unpaired) electrons. The summed E-state index contributed by atoms with van der Waals surface area (Å²) >= 11 is 0. The number of hydrogen-bond acceptors (Lipinski definition) is 3. The van der Waals surface area contributed by atoms with E-state index in [0.29, 0.717) is 5.69 Å². The van der Waals surface area contributed by atoms with E-state index >= 15 is 0 Å². The Hall–Kier alpha value is -2.43. The first-order chi connectivity index (χ1) is 8.79. The maximum atomic E-state index is 11.8. The van der Waals surface area contributed by atoms with Gasteiger partial charge in [-0.05, 0) is 19.1 Å². The quantitative estimate of drug-likeness (QED) is 0.683. The number of aryl methyl sites for hydroxylation is 1. The summed E-state index contributed by atoms with van der Waals surface area (Å²) < 4.78 is 3.38. The molecule has 0 N–H and O–H groups in total. The second-order valence-corrected chi connectivity index (χ2v) is 3.95. The highest BCUT2D eigenvalue weighted by Crippen LogP contribution is 2.15. The fraction of sp³-hybridized carbons (Fsp3) is 0.154. The van der Waals surface area contributed by atoms with Crippen LogP contribution in [0.5, 0.6) is 0 Å². The van der Waals surface area contributed by atoms with Crippen LogP contribution in [-0.4, -0.2) is 19.2 Å². The zero-order valence-corrected chi connectivity index (χ0v) is 9.95. The van der Waals surface area contributed by atoms with Gasteiger partial charge in [0.05, 0.1) is 5.69 Å². The monoisotopic (exact) mass is 240 g/mol. The normalized spacial score (nSPS) is 10.9. The molecule has 0 bridgehead atoms. The number of hydrogen-bond donors (Lipinski definition) is 0. The molecule has 0 aliphatic carbocycles. The number of nitrogens with zero attached hydrogens (tertiary/aromatic N) is 4. The van der Waals surface area contributed by atoms with E-state index in [9.17, 15) is 4.79 Å². The van der Waals surface area contributed by atoms with Gasteiger partial charge < -0.3 is 4.57 Å². The van der Waals surface area contributed by atoms with E-state index in [4.69, 9.17) is 0 Å². The fourth-order valence-electron chi connectivity index (χ4n) is 1.95. The molecule has 0 fully saturated rings. The molecule has 0 atom stereocenters. The summed E-state index contributed by atoms with van der Waals surface area (Å²) in [6, 6.07) is 9.03. The van der Waals surface area contributed by atoms with Gasteiger partial charge >= 0.3 is 0 Å². The minimum atomic E-state index is -0.128. The van der Waals surface area contributed by atoms with Crippen LogP contribution in [0, 0.1) is 0 Å². The third-order valence-corrected chi connectivity index (χ3v) is 2.86. The molecule has 3 rings (SSSR count). The smallest absolute Gasteiger partial charge is 0.274 e. The highest BCUT2D eigenvalue weighted by molar-refractivity contribution is 5.60. The van der Waals surface area contributed by atoms with Gasteiger partial charge in [0.2, 0.25) is 0 Å². The zero-order chi connectivity index (χ0) is 12.5. The van der Waals surface area contributed by atoms with Crippen molar-refractivity contribution in [1.82, 2.24) is 19.2 Å². The molecule has 0 unspecified atom stereocenters. The molecule has 3 aromatic heterocycles. The van der Waals surface area contributed by atoms with Gasteiger partial charge in [-0.15, -0.1) is 0 Å². The first kappa shape index (κ1) is 10.7. The van der Waals surface area contributed by atoms with Crippen molar-refractivity contribution in [2.75, 3.05) is 0 Å². The van der Waals surface area contributed by atoms with Crippen LogP contribution in [-0.2, 0) is 6.54 Å². The van der Waals surface area contributed by atoms with Crippen LogP contribution in [0.4, 0.5) is 0 Å². The minimum Gasteiger partial charge on any atom is -0.333 e. The molecule has 3 heterocycles. The average Bonchev–Trinajstić information content (AvgIpc) is 2.86. The van der Waals surface area contributed by atoms with Crippen LogP contribution in [0.2, 0.25) is 0 Å². The Kier molecular flexibility index (Phi) is 2.44. The average molecular weight is 240 g/mol. The molecule has 0 amide bonds. The van der Waals surface area contributed by atoms with Gasteiger partial charge in [0, 0.05) is 31.1 Å². The molecule has 3 aromatic rings. The first-order valence-corrected chi connectivity index (χ1v) is 5.80. The van der Waals surface area contributed by atoms with E-state index in [2.05, 4.69) is 10.1 Å². The van der Waals surface area contributed by atoms with Crippen molar-refractivity contribution >= 4 is 5.65 Å². The first-order valence-electron chi connectivity index (χ1n) is 5.80. The van der Waals surface area contributed by atoms with E-state index in [1.54, 1.807) is 12.4 Å². The predicted octanol–water partition coefficient (Wildman–Crippen LogP) is 1.58. The Labute approximate surface area is 103 Å². The highest BCUT2D eigenvalue weighted by atomic mass is 16.1. The van der Waals surface area contributed by atoms with Gasteiger partial charge in [-0.1, -0.05) is 6.07 Å². The molecule has 18 heavy (non-hydrogen) atoms. The van der Waals surface area contributed by atoms with E-state index < -0.39 is 0 Å². The molecule has 0 aliphatic heterocycles. The number of fused-ring (bicyclic) bond motifs is 1. The summed E-state index contributed by atoms with van der Waals surface area (Å²) in [6.07, 6.45) is 3.49. The van der Waals surface area contributed by atoms with Gasteiger partial charge in [-0.2, -0.15) is 9.61 Å². The number of pyridine rings is 1. The third kappa shape index (κ3) is 1.60. The van der Waals surface area contributed by atoms with Gasteiger partial charge in [-0.3, -0.25) is 9.78 Å². The highest BCUT2D eigenvalue weighted by Gasteiger charge is 2.08. The van der Waals surface area contributed by atoms with Crippen molar-refractivity contribution in [1.29, 1.82) is 0 Å². The molecule has 0 saturated heterocycles. The summed E-state index contributed by atoms with van der Waals surface area (Å²) in [5, 5.41) is 4.31. The summed E-state index contributed by atoms with van der Waals surface area (Å²) in [6.45, 7) is 2.81. The van der Waals surface area contributed by atoms with Gasteiger partial charge in [-0.25, -0.2) is 0 Å². The standard InChI is InChI=1S/C13H12N4O/c1-2-16-8-6-13(18)17-12(16)9-11(15-17)10-5-3-4-7-14-10/h3-9H,2H2,1H3. The number of rotatable bonds is 2. The second-order valence-electron chi connectivity index (χ2n) is 3.95. The van der Waals surface area contributed by atoms with Crippen LogP contribution in [0.15, 0.2) is 47.5 Å². The van der Waals surface area contributed by atoms with Gasteiger partial charge in [0.25, 0.3) is 5.56 Å². The molecule has 5 nitrogen and oxygen atoms in total. The fourth-order valence-corrected chi connectivity index (χ4v) is 1.95. The maximum Gasteiger partial charge on any atom is 0.274 e. The lowest BCUT2D eigenvalue weighted by Crippen LogP contribution is -2.16. The topological polar surface area (TPSA) is 52.2 Å². The zero-order valence-electron chi connectivity index (χ0n) is 9.95. The van der Waals surface area contributed by atoms with Crippen molar-refractivity contribution in [3.8, 4) is 11.4 Å². The largest absolute Gasteiger partial charge is 0.333 e. The van der Waals surface area contributed by atoms with Crippen molar-refractivity contribution in [3.05, 3.63) is 53.1 Å². The van der Waals surface area contributed by atoms with Crippen molar-refractivity contribution in [3.63, 3.8) is 0 Å². The van der Waals surface area contributed by atoms with Crippen LogP contribution >= 0.6 is 0 Å². The molecule has 0 spiro atoms. The molecular weight excluding hydrogens is 228 g/mol. The van der Waals surface area contributed by atoms with Crippen LogP contribution in [0.25, 0.3) is 17.0 Å². The molecular formula is C13H12N4O. The maximum absolute atomic E-state index is 11.8. The van der Waals surface area contributed by atoms with Crippen LogP contribution < -0.4 is 5.56 Å². The Morgan fingerprint density at radius 3 is 2.83 bits per heavy atom. The summed E-state index contributed by atoms with van der Waals surface area (Å²) in [5.41, 5.74) is 2.13. The van der Waals surface area contributed by atoms with Gasteiger partial charge in [0.1, 0.15) is 11.3 Å². The van der Waals surface area contributed by atoms with E-state index in [0.717, 1.165) is 17.9 Å². The SMILES string of the molecule is CCn1ccc(=O)n2nc(-c3ccccn3)cc12. The molecule has 0 saturated carbocycles. The lowest BCUT2D eigenvalue weighted by molar-refractivity contribution is 0.739. The van der Waals surface area contributed by atoms with Gasteiger partial charge in [0.15, 0.2) is 0 Å². The molecule has 0 aromatic carbocycles. The predicted molar refractivity (Wildman–Crippen MR) is 68.4 cm³/mol. The van der Waals surface area contributed by atoms with E-state index in [-0.39, 0.29) is 5.56 Å². The number of aromatic nitrogens is 4.